The molecule has 0 fully saturated rings. The van der Waals surface area contributed by atoms with Gasteiger partial charge in [0.2, 0.25) is 5.88 Å². The average molecular weight is 452 g/mol. The van der Waals surface area contributed by atoms with Crippen molar-refractivity contribution in [3.63, 3.8) is 0 Å². The summed E-state index contributed by atoms with van der Waals surface area (Å²) >= 11 is 3.54. The SMILES string of the molecule is CC(C)(C)Oc1cccc(CNc2cc(-c3ccccc3)nc3c(Br)cnn23)n1. The first-order valence-electron chi connectivity index (χ1n) is 9.37. The molecule has 0 bridgehead atoms. The van der Waals surface area contributed by atoms with Crippen molar-refractivity contribution in [1.82, 2.24) is 19.6 Å². The summed E-state index contributed by atoms with van der Waals surface area (Å²) in [5.41, 5.74) is 3.27. The van der Waals surface area contributed by atoms with E-state index in [-0.39, 0.29) is 5.60 Å². The van der Waals surface area contributed by atoms with E-state index in [0.29, 0.717) is 12.4 Å². The lowest BCUT2D eigenvalue weighted by molar-refractivity contribution is 0.124. The molecule has 0 aliphatic heterocycles. The van der Waals surface area contributed by atoms with Gasteiger partial charge in [-0.3, -0.25) is 0 Å². The normalized spacial score (nSPS) is 11.6. The molecule has 0 unspecified atom stereocenters. The van der Waals surface area contributed by atoms with Crippen molar-refractivity contribution in [2.45, 2.75) is 32.9 Å². The molecule has 0 atom stereocenters. The van der Waals surface area contributed by atoms with Crippen molar-refractivity contribution in [3.05, 3.63) is 71.0 Å². The van der Waals surface area contributed by atoms with Gasteiger partial charge < -0.3 is 10.1 Å². The number of fused-ring (bicyclic) bond motifs is 1. The zero-order valence-electron chi connectivity index (χ0n) is 16.6. The van der Waals surface area contributed by atoms with E-state index in [1.54, 1.807) is 10.7 Å². The highest BCUT2D eigenvalue weighted by molar-refractivity contribution is 9.10. The van der Waals surface area contributed by atoms with E-state index in [4.69, 9.17) is 9.72 Å². The van der Waals surface area contributed by atoms with Crippen LogP contribution in [-0.4, -0.2) is 25.2 Å². The summed E-state index contributed by atoms with van der Waals surface area (Å²) in [6, 6.07) is 17.9. The van der Waals surface area contributed by atoms with Gasteiger partial charge in [0.1, 0.15) is 11.4 Å². The maximum Gasteiger partial charge on any atom is 0.214 e. The Bertz CT molecular complexity index is 1140. The molecule has 148 valence electrons. The molecular weight excluding hydrogens is 430 g/mol. The standard InChI is InChI=1S/C22H22BrN5O/c1-22(2,3)29-20-11-7-10-16(26-20)13-24-19-12-18(15-8-5-4-6-9-15)27-21-17(23)14-25-28(19)21/h4-12,14,24H,13H2,1-3H3. The highest BCUT2D eigenvalue weighted by Crippen LogP contribution is 2.26. The van der Waals surface area contributed by atoms with Crippen LogP contribution in [0.4, 0.5) is 5.82 Å². The maximum atomic E-state index is 5.87. The van der Waals surface area contributed by atoms with Crippen molar-refractivity contribution in [2.75, 3.05) is 5.32 Å². The molecule has 6 nitrogen and oxygen atoms in total. The van der Waals surface area contributed by atoms with Crippen molar-refractivity contribution in [1.29, 1.82) is 0 Å². The van der Waals surface area contributed by atoms with Gasteiger partial charge in [0, 0.05) is 17.7 Å². The van der Waals surface area contributed by atoms with Crippen molar-refractivity contribution < 1.29 is 4.74 Å². The summed E-state index contributed by atoms with van der Waals surface area (Å²) < 4.78 is 8.50. The lowest BCUT2D eigenvalue weighted by Gasteiger charge is -2.20. The Balaban J connectivity index is 1.64. The molecule has 0 amide bonds. The number of rotatable bonds is 5. The quantitative estimate of drug-likeness (QED) is 0.443. The third-order valence-electron chi connectivity index (χ3n) is 4.14. The molecule has 7 heteroatoms. The van der Waals surface area contributed by atoms with Gasteiger partial charge in [-0.1, -0.05) is 36.4 Å². The first kappa shape index (κ1) is 19.4. The average Bonchev–Trinajstić information content (AvgIpc) is 3.07. The van der Waals surface area contributed by atoms with Gasteiger partial charge in [-0.15, -0.1) is 0 Å². The Kier molecular flexibility index (Phi) is 5.24. The van der Waals surface area contributed by atoms with Crippen LogP contribution in [0.15, 0.2) is 65.3 Å². The largest absolute Gasteiger partial charge is 0.472 e. The van der Waals surface area contributed by atoms with Gasteiger partial charge >= 0.3 is 0 Å². The second-order valence-corrected chi connectivity index (χ2v) is 8.51. The Morgan fingerprint density at radius 3 is 2.59 bits per heavy atom. The highest BCUT2D eigenvalue weighted by atomic mass is 79.9. The number of hydrogen-bond acceptors (Lipinski definition) is 5. The van der Waals surface area contributed by atoms with Gasteiger partial charge in [0.25, 0.3) is 0 Å². The monoisotopic (exact) mass is 451 g/mol. The number of ether oxygens (including phenoxy) is 1. The number of benzene rings is 1. The van der Waals surface area contributed by atoms with E-state index in [1.165, 1.54) is 0 Å². The van der Waals surface area contributed by atoms with Crippen molar-refractivity contribution in [3.8, 4) is 17.1 Å². The Morgan fingerprint density at radius 1 is 1.03 bits per heavy atom. The minimum Gasteiger partial charge on any atom is -0.472 e. The molecule has 3 heterocycles. The van der Waals surface area contributed by atoms with E-state index in [1.807, 2.05) is 75.4 Å². The minimum absolute atomic E-state index is 0.289. The van der Waals surface area contributed by atoms with Crippen LogP contribution in [0.2, 0.25) is 0 Å². The molecule has 1 aromatic carbocycles. The molecule has 1 N–H and O–H groups in total. The fourth-order valence-electron chi connectivity index (χ4n) is 2.93. The summed E-state index contributed by atoms with van der Waals surface area (Å²) in [6.45, 7) is 6.56. The molecule has 0 aliphatic rings. The van der Waals surface area contributed by atoms with Crippen LogP contribution in [0.3, 0.4) is 0 Å². The van der Waals surface area contributed by atoms with E-state index in [0.717, 1.165) is 32.9 Å². The van der Waals surface area contributed by atoms with Crippen LogP contribution >= 0.6 is 15.9 Å². The number of nitrogens with one attached hydrogen (secondary N) is 1. The number of halogens is 1. The zero-order valence-corrected chi connectivity index (χ0v) is 18.1. The predicted molar refractivity (Wildman–Crippen MR) is 118 cm³/mol. The zero-order chi connectivity index (χ0) is 20.4. The second kappa shape index (κ2) is 7.83. The summed E-state index contributed by atoms with van der Waals surface area (Å²) in [6.07, 6.45) is 1.75. The van der Waals surface area contributed by atoms with Gasteiger partial charge in [0.15, 0.2) is 5.65 Å². The van der Waals surface area contributed by atoms with Crippen LogP contribution in [0.1, 0.15) is 26.5 Å². The summed E-state index contributed by atoms with van der Waals surface area (Å²) in [7, 11) is 0. The first-order chi connectivity index (χ1) is 13.9. The number of nitrogens with zero attached hydrogens (tertiary/aromatic N) is 4. The molecule has 0 saturated carbocycles. The van der Waals surface area contributed by atoms with Crippen LogP contribution in [-0.2, 0) is 6.54 Å². The van der Waals surface area contributed by atoms with Gasteiger partial charge in [-0.05, 0) is 42.8 Å². The van der Waals surface area contributed by atoms with E-state index in [2.05, 4.69) is 31.3 Å². The lowest BCUT2D eigenvalue weighted by Crippen LogP contribution is -2.23. The Hall–Kier alpha value is -2.93. The third-order valence-corrected chi connectivity index (χ3v) is 4.70. The third kappa shape index (κ3) is 4.56. The molecule has 0 saturated heterocycles. The van der Waals surface area contributed by atoms with Gasteiger partial charge in [-0.2, -0.15) is 9.61 Å². The molecule has 0 aliphatic carbocycles. The molecule has 3 aromatic heterocycles. The van der Waals surface area contributed by atoms with Crippen LogP contribution in [0.5, 0.6) is 5.88 Å². The first-order valence-corrected chi connectivity index (χ1v) is 10.2. The molecule has 0 spiro atoms. The van der Waals surface area contributed by atoms with Gasteiger partial charge in [0.05, 0.1) is 28.6 Å². The molecule has 0 radical (unpaired) electrons. The summed E-state index contributed by atoms with van der Waals surface area (Å²) in [5, 5.41) is 7.87. The molecule has 4 aromatic rings. The number of pyridine rings is 1. The second-order valence-electron chi connectivity index (χ2n) is 7.66. The summed E-state index contributed by atoms with van der Waals surface area (Å²) in [4.78, 5) is 9.35. The van der Waals surface area contributed by atoms with Crippen LogP contribution < -0.4 is 10.1 Å². The molecule has 29 heavy (non-hydrogen) atoms. The number of anilines is 1. The van der Waals surface area contributed by atoms with Gasteiger partial charge in [-0.25, -0.2) is 9.97 Å². The molecular formula is C22H22BrN5O. The maximum absolute atomic E-state index is 5.87. The summed E-state index contributed by atoms with van der Waals surface area (Å²) in [5.74, 6) is 1.45. The molecule has 4 rings (SSSR count). The van der Waals surface area contributed by atoms with E-state index < -0.39 is 0 Å². The fraction of sp³-hybridized carbons (Fsp3) is 0.227. The Labute approximate surface area is 178 Å². The number of hydrogen-bond donors (Lipinski definition) is 1. The minimum atomic E-state index is -0.289. The van der Waals surface area contributed by atoms with Crippen LogP contribution in [0.25, 0.3) is 16.9 Å². The topological polar surface area (TPSA) is 64.3 Å². The number of aromatic nitrogens is 4. The van der Waals surface area contributed by atoms with E-state index >= 15 is 0 Å². The fourth-order valence-corrected chi connectivity index (χ4v) is 3.27. The van der Waals surface area contributed by atoms with Crippen molar-refractivity contribution in [2.24, 2.45) is 0 Å². The van der Waals surface area contributed by atoms with Crippen molar-refractivity contribution >= 4 is 27.4 Å². The predicted octanol–water partition coefficient (Wildman–Crippen LogP) is 5.34. The lowest BCUT2D eigenvalue weighted by atomic mass is 10.1. The highest BCUT2D eigenvalue weighted by Gasteiger charge is 2.14. The van der Waals surface area contributed by atoms with Crippen LogP contribution in [0, 0.1) is 0 Å². The Morgan fingerprint density at radius 2 is 1.83 bits per heavy atom. The smallest absolute Gasteiger partial charge is 0.214 e. The van der Waals surface area contributed by atoms with E-state index in [9.17, 15) is 0 Å².